The Morgan fingerprint density at radius 2 is 2.12 bits per heavy atom. The van der Waals surface area contributed by atoms with Gasteiger partial charge in [-0.2, -0.15) is 0 Å². The quantitative estimate of drug-likeness (QED) is 0.820. The SMILES string of the molecule is Cc1cc(Cl)cc2sc(N3CCN(C(=O)C4CCCO4)CC3)nc12. The number of anilines is 1. The van der Waals surface area contributed by atoms with E-state index in [-0.39, 0.29) is 12.0 Å². The first-order valence-corrected chi connectivity index (χ1v) is 9.53. The first kappa shape index (κ1) is 16.1. The molecule has 1 unspecified atom stereocenters. The van der Waals surface area contributed by atoms with E-state index in [1.807, 2.05) is 24.0 Å². The average molecular weight is 366 g/mol. The Balaban J connectivity index is 1.46. The number of benzene rings is 1. The van der Waals surface area contributed by atoms with Crippen LogP contribution in [0.1, 0.15) is 18.4 Å². The van der Waals surface area contributed by atoms with Gasteiger partial charge >= 0.3 is 0 Å². The van der Waals surface area contributed by atoms with Gasteiger partial charge in [-0.3, -0.25) is 4.79 Å². The fourth-order valence-corrected chi connectivity index (χ4v) is 4.84. The Hall–Kier alpha value is -1.37. The van der Waals surface area contributed by atoms with Crippen LogP contribution in [0, 0.1) is 6.92 Å². The highest BCUT2D eigenvalue weighted by atomic mass is 35.5. The van der Waals surface area contributed by atoms with Crippen LogP contribution in [0.2, 0.25) is 5.02 Å². The van der Waals surface area contributed by atoms with Crippen LogP contribution in [-0.4, -0.2) is 54.7 Å². The molecule has 5 nitrogen and oxygen atoms in total. The predicted octanol–water partition coefficient (Wildman–Crippen LogP) is 3.09. The van der Waals surface area contributed by atoms with Crippen molar-refractivity contribution in [1.29, 1.82) is 0 Å². The Labute approximate surface area is 150 Å². The van der Waals surface area contributed by atoms with Crippen LogP contribution < -0.4 is 4.90 Å². The minimum atomic E-state index is -0.219. The summed E-state index contributed by atoms with van der Waals surface area (Å²) >= 11 is 7.81. The van der Waals surface area contributed by atoms with E-state index in [9.17, 15) is 4.79 Å². The third-order valence-electron chi connectivity index (χ3n) is 4.71. The topological polar surface area (TPSA) is 45.7 Å². The van der Waals surface area contributed by atoms with Crippen molar-refractivity contribution < 1.29 is 9.53 Å². The van der Waals surface area contributed by atoms with Crippen molar-refractivity contribution in [2.45, 2.75) is 25.9 Å². The molecule has 128 valence electrons. The van der Waals surface area contributed by atoms with Gasteiger partial charge in [0.1, 0.15) is 6.10 Å². The Morgan fingerprint density at radius 1 is 1.33 bits per heavy atom. The number of halogens is 1. The molecule has 2 aromatic rings. The summed E-state index contributed by atoms with van der Waals surface area (Å²) in [6.45, 7) is 5.83. The van der Waals surface area contributed by atoms with E-state index in [1.165, 1.54) is 0 Å². The molecular weight excluding hydrogens is 346 g/mol. The van der Waals surface area contributed by atoms with Gasteiger partial charge in [0, 0.05) is 37.8 Å². The van der Waals surface area contributed by atoms with E-state index in [0.717, 1.165) is 65.0 Å². The zero-order valence-electron chi connectivity index (χ0n) is 13.6. The number of ether oxygens (including phenoxy) is 1. The Bertz CT molecular complexity index is 765. The number of aromatic nitrogens is 1. The normalized spacial score (nSPS) is 21.7. The molecule has 3 heterocycles. The third-order valence-corrected chi connectivity index (χ3v) is 5.99. The highest BCUT2D eigenvalue weighted by Gasteiger charge is 2.30. The van der Waals surface area contributed by atoms with Gasteiger partial charge < -0.3 is 14.5 Å². The maximum atomic E-state index is 12.4. The number of fused-ring (bicyclic) bond motifs is 1. The number of aryl methyl sites for hydroxylation is 1. The standard InChI is InChI=1S/C17H20ClN3O2S/c1-11-9-12(18)10-14-15(11)19-17(24-14)21-6-4-20(5-7-21)16(22)13-3-2-8-23-13/h9-10,13H,2-8H2,1H3. The molecule has 2 saturated heterocycles. The minimum absolute atomic E-state index is 0.152. The van der Waals surface area contributed by atoms with Gasteiger partial charge in [0.25, 0.3) is 5.91 Å². The van der Waals surface area contributed by atoms with E-state index in [4.69, 9.17) is 21.3 Å². The van der Waals surface area contributed by atoms with Gasteiger partial charge in [-0.1, -0.05) is 22.9 Å². The summed E-state index contributed by atoms with van der Waals surface area (Å²) in [6, 6.07) is 3.92. The number of piperazine rings is 1. The van der Waals surface area contributed by atoms with Crippen molar-refractivity contribution in [2.75, 3.05) is 37.7 Å². The number of rotatable bonds is 2. The lowest BCUT2D eigenvalue weighted by Crippen LogP contribution is -2.51. The number of carbonyl (C=O) groups is 1. The van der Waals surface area contributed by atoms with Crippen LogP contribution >= 0.6 is 22.9 Å². The molecule has 0 saturated carbocycles. The predicted molar refractivity (Wildman–Crippen MR) is 97.1 cm³/mol. The first-order chi connectivity index (χ1) is 11.6. The molecule has 2 aliphatic heterocycles. The zero-order chi connectivity index (χ0) is 16.7. The molecule has 1 atom stereocenters. The van der Waals surface area contributed by atoms with Crippen molar-refractivity contribution in [2.24, 2.45) is 0 Å². The number of hydrogen-bond acceptors (Lipinski definition) is 5. The second-order valence-corrected chi connectivity index (χ2v) is 7.83. The van der Waals surface area contributed by atoms with Crippen LogP contribution in [0.3, 0.4) is 0 Å². The molecule has 0 aliphatic carbocycles. The van der Waals surface area contributed by atoms with Crippen LogP contribution in [0.5, 0.6) is 0 Å². The molecule has 0 radical (unpaired) electrons. The fourth-order valence-electron chi connectivity index (χ4n) is 3.37. The van der Waals surface area contributed by atoms with Gasteiger partial charge in [-0.25, -0.2) is 4.98 Å². The van der Waals surface area contributed by atoms with Crippen LogP contribution in [-0.2, 0) is 9.53 Å². The monoisotopic (exact) mass is 365 g/mol. The summed E-state index contributed by atoms with van der Waals surface area (Å²) in [7, 11) is 0. The number of amides is 1. The van der Waals surface area contributed by atoms with Gasteiger partial charge in [0.15, 0.2) is 5.13 Å². The Morgan fingerprint density at radius 3 is 2.83 bits per heavy atom. The van der Waals surface area contributed by atoms with Crippen LogP contribution in [0.25, 0.3) is 10.2 Å². The van der Waals surface area contributed by atoms with Crippen molar-refractivity contribution in [1.82, 2.24) is 9.88 Å². The number of nitrogens with zero attached hydrogens (tertiary/aromatic N) is 3. The first-order valence-electron chi connectivity index (χ1n) is 8.34. The van der Waals surface area contributed by atoms with E-state index in [0.29, 0.717) is 6.61 Å². The molecule has 4 rings (SSSR count). The van der Waals surface area contributed by atoms with Gasteiger partial charge in [-0.05, 0) is 37.5 Å². The van der Waals surface area contributed by atoms with Crippen LogP contribution in [0.4, 0.5) is 5.13 Å². The molecule has 7 heteroatoms. The van der Waals surface area contributed by atoms with Crippen molar-refractivity contribution in [3.05, 3.63) is 22.7 Å². The summed E-state index contributed by atoms with van der Waals surface area (Å²) in [5, 5.41) is 1.77. The second kappa shape index (κ2) is 6.50. The smallest absolute Gasteiger partial charge is 0.251 e. The van der Waals surface area contributed by atoms with E-state index in [1.54, 1.807) is 11.3 Å². The van der Waals surface area contributed by atoms with Gasteiger partial charge in [-0.15, -0.1) is 0 Å². The van der Waals surface area contributed by atoms with Gasteiger partial charge in [0.05, 0.1) is 10.2 Å². The molecule has 0 spiro atoms. The Kier molecular flexibility index (Phi) is 4.37. The van der Waals surface area contributed by atoms with E-state index < -0.39 is 0 Å². The largest absolute Gasteiger partial charge is 0.368 e. The zero-order valence-corrected chi connectivity index (χ0v) is 15.2. The maximum absolute atomic E-state index is 12.4. The third kappa shape index (κ3) is 2.98. The molecule has 2 fully saturated rings. The maximum Gasteiger partial charge on any atom is 0.251 e. The number of hydrogen-bond donors (Lipinski definition) is 0. The molecule has 0 N–H and O–H groups in total. The van der Waals surface area contributed by atoms with E-state index in [2.05, 4.69) is 4.90 Å². The van der Waals surface area contributed by atoms with Crippen molar-refractivity contribution >= 4 is 44.2 Å². The molecule has 24 heavy (non-hydrogen) atoms. The van der Waals surface area contributed by atoms with Crippen LogP contribution in [0.15, 0.2) is 12.1 Å². The molecular formula is C17H20ClN3O2S. The van der Waals surface area contributed by atoms with Crippen molar-refractivity contribution in [3.8, 4) is 0 Å². The fraction of sp³-hybridized carbons (Fsp3) is 0.529. The minimum Gasteiger partial charge on any atom is -0.368 e. The summed E-state index contributed by atoms with van der Waals surface area (Å²) in [5.41, 5.74) is 2.13. The lowest BCUT2D eigenvalue weighted by molar-refractivity contribution is -0.141. The van der Waals surface area contributed by atoms with Crippen molar-refractivity contribution in [3.63, 3.8) is 0 Å². The molecule has 2 aliphatic rings. The second-order valence-electron chi connectivity index (χ2n) is 6.38. The average Bonchev–Trinajstić information content (AvgIpc) is 3.24. The summed E-state index contributed by atoms with van der Waals surface area (Å²) < 4.78 is 6.63. The summed E-state index contributed by atoms with van der Waals surface area (Å²) in [6.07, 6.45) is 1.63. The highest BCUT2D eigenvalue weighted by molar-refractivity contribution is 7.22. The lowest BCUT2D eigenvalue weighted by Gasteiger charge is -2.35. The summed E-state index contributed by atoms with van der Waals surface area (Å²) in [5.74, 6) is 0.152. The molecule has 1 aromatic heterocycles. The summed E-state index contributed by atoms with van der Waals surface area (Å²) in [4.78, 5) is 21.4. The number of thiazole rings is 1. The highest BCUT2D eigenvalue weighted by Crippen LogP contribution is 2.33. The molecule has 0 bridgehead atoms. The number of carbonyl (C=O) groups excluding carboxylic acids is 1. The van der Waals surface area contributed by atoms with E-state index >= 15 is 0 Å². The van der Waals surface area contributed by atoms with Gasteiger partial charge in [0.2, 0.25) is 0 Å². The lowest BCUT2D eigenvalue weighted by atomic mass is 10.2. The molecule has 1 aromatic carbocycles. The molecule has 1 amide bonds.